The van der Waals surface area contributed by atoms with Gasteiger partial charge in [0.05, 0.1) is 18.8 Å². The van der Waals surface area contributed by atoms with Gasteiger partial charge in [-0.2, -0.15) is 0 Å². The lowest BCUT2D eigenvalue weighted by atomic mass is 9.96. The highest BCUT2D eigenvalue weighted by Gasteiger charge is 2.34. The third-order valence-electron chi connectivity index (χ3n) is 2.55. The van der Waals surface area contributed by atoms with Gasteiger partial charge in [0.25, 0.3) is 0 Å². The first-order valence-electron chi connectivity index (χ1n) is 5.44. The van der Waals surface area contributed by atoms with Crippen molar-refractivity contribution in [2.24, 2.45) is 0 Å². The van der Waals surface area contributed by atoms with Crippen molar-refractivity contribution in [3.05, 3.63) is 0 Å². The van der Waals surface area contributed by atoms with Crippen molar-refractivity contribution in [2.75, 3.05) is 6.61 Å². The van der Waals surface area contributed by atoms with Crippen LogP contribution in [0.4, 0.5) is 0 Å². The van der Waals surface area contributed by atoms with E-state index in [1.54, 1.807) is 0 Å². The molecule has 0 aliphatic carbocycles. The summed E-state index contributed by atoms with van der Waals surface area (Å²) in [5.41, 5.74) is 0. The highest BCUT2D eigenvalue weighted by molar-refractivity contribution is 5.84. The highest BCUT2D eigenvalue weighted by Crippen LogP contribution is 2.10. The second-order valence-corrected chi connectivity index (χ2v) is 4.15. The van der Waals surface area contributed by atoms with Gasteiger partial charge in [-0.15, -0.1) is 0 Å². The van der Waals surface area contributed by atoms with Crippen molar-refractivity contribution in [3.63, 3.8) is 0 Å². The average molecular weight is 268 g/mol. The summed E-state index contributed by atoms with van der Waals surface area (Å²) in [6.07, 6.45) is -10.8. The van der Waals surface area contributed by atoms with Crippen LogP contribution in [0, 0.1) is 0 Å². The van der Waals surface area contributed by atoms with Gasteiger partial charge in [0.1, 0.15) is 24.4 Å². The van der Waals surface area contributed by atoms with E-state index in [-0.39, 0.29) is 0 Å². The fourth-order valence-corrected chi connectivity index (χ4v) is 1.21. The molecule has 0 aromatic rings. The molecule has 0 aromatic heterocycles. The van der Waals surface area contributed by atoms with Crippen molar-refractivity contribution in [2.45, 2.75) is 50.0 Å². The van der Waals surface area contributed by atoms with Crippen LogP contribution in [-0.4, -0.2) is 84.8 Å². The minimum Gasteiger partial charge on any atom is -0.394 e. The number of aliphatic hydroxyl groups excluding tert-OH is 7. The summed E-state index contributed by atoms with van der Waals surface area (Å²) in [7, 11) is 0. The van der Waals surface area contributed by atoms with Gasteiger partial charge in [0.2, 0.25) is 0 Å². The third kappa shape index (κ3) is 4.94. The lowest BCUT2D eigenvalue weighted by molar-refractivity contribution is -0.149. The number of hydrogen-bond donors (Lipinski definition) is 7. The summed E-state index contributed by atoms with van der Waals surface area (Å²) in [6, 6.07) is 0. The molecular formula is C10H20O8. The molecular weight excluding hydrogens is 248 g/mol. The van der Waals surface area contributed by atoms with Crippen LogP contribution in [0.25, 0.3) is 0 Å². The van der Waals surface area contributed by atoms with E-state index < -0.39 is 55.4 Å². The van der Waals surface area contributed by atoms with Crippen LogP contribution in [0.15, 0.2) is 0 Å². The zero-order valence-electron chi connectivity index (χ0n) is 9.92. The molecule has 0 amide bonds. The number of aliphatic hydroxyl groups is 7. The topological polar surface area (TPSA) is 159 Å². The van der Waals surface area contributed by atoms with E-state index in [0.29, 0.717) is 0 Å². The third-order valence-corrected chi connectivity index (χ3v) is 2.55. The Labute approximate surface area is 104 Å². The Kier molecular flexibility index (Phi) is 7.48. The normalized spacial score (nSPS) is 21.8. The van der Waals surface area contributed by atoms with Crippen LogP contribution in [0.5, 0.6) is 0 Å². The predicted octanol–water partition coefficient (Wildman–Crippen LogP) is -3.88. The maximum atomic E-state index is 11.4. The average Bonchev–Trinajstić information content (AvgIpc) is 2.34. The van der Waals surface area contributed by atoms with Crippen LogP contribution < -0.4 is 0 Å². The SMILES string of the molecule is CC(O)C(O)CC(=O)[C@H](O)[C@@H](O)[C@H](O)[C@H](O)CO. The summed E-state index contributed by atoms with van der Waals surface area (Å²) in [4.78, 5) is 11.4. The second-order valence-electron chi connectivity index (χ2n) is 4.15. The van der Waals surface area contributed by atoms with Crippen LogP contribution in [0.3, 0.4) is 0 Å². The molecule has 18 heavy (non-hydrogen) atoms. The predicted molar refractivity (Wildman–Crippen MR) is 58.4 cm³/mol. The van der Waals surface area contributed by atoms with E-state index in [4.69, 9.17) is 15.3 Å². The molecule has 0 heterocycles. The molecule has 108 valence electrons. The zero-order valence-corrected chi connectivity index (χ0v) is 9.92. The molecule has 0 aliphatic rings. The fraction of sp³-hybridized carbons (Fsp3) is 0.900. The lowest BCUT2D eigenvalue weighted by Gasteiger charge is -2.25. The molecule has 0 bridgehead atoms. The van der Waals surface area contributed by atoms with Gasteiger partial charge in [-0.1, -0.05) is 0 Å². The quantitative estimate of drug-likeness (QED) is 0.235. The summed E-state index contributed by atoms with van der Waals surface area (Å²) >= 11 is 0. The molecule has 2 unspecified atom stereocenters. The number of carbonyl (C=O) groups excluding carboxylic acids is 1. The number of ketones is 1. The summed E-state index contributed by atoms with van der Waals surface area (Å²) < 4.78 is 0. The molecule has 0 fully saturated rings. The molecule has 7 N–H and O–H groups in total. The minimum absolute atomic E-state index is 0.613. The number of hydrogen-bond acceptors (Lipinski definition) is 8. The Morgan fingerprint density at radius 3 is 1.83 bits per heavy atom. The number of Topliss-reactive ketones (excluding diaryl/α,β-unsaturated/α-hetero) is 1. The van der Waals surface area contributed by atoms with Crippen molar-refractivity contribution in [3.8, 4) is 0 Å². The van der Waals surface area contributed by atoms with E-state index in [1.165, 1.54) is 6.92 Å². The van der Waals surface area contributed by atoms with Gasteiger partial charge >= 0.3 is 0 Å². The second kappa shape index (κ2) is 7.74. The molecule has 0 spiro atoms. The Morgan fingerprint density at radius 1 is 0.944 bits per heavy atom. The van der Waals surface area contributed by atoms with Crippen LogP contribution >= 0.6 is 0 Å². The Hall–Kier alpha value is -0.610. The van der Waals surface area contributed by atoms with Crippen molar-refractivity contribution >= 4 is 5.78 Å². The molecule has 0 aliphatic heterocycles. The Balaban J connectivity index is 4.45. The molecule has 8 nitrogen and oxygen atoms in total. The van der Waals surface area contributed by atoms with Gasteiger partial charge in [-0.05, 0) is 6.92 Å². The van der Waals surface area contributed by atoms with E-state index >= 15 is 0 Å². The Bertz CT molecular complexity index is 256. The van der Waals surface area contributed by atoms with Gasteiger partial charge in [0, 0.05) is 6.42 Å². The van der Waals surface area contributed by atoms with E-state index in [9.17, 15) is 25.2 Å². The first-order valence-corrected chi connectivity index (χ1v) is 5.44. The largest absolute Gasteiger partial charge is 0.394 e. The van der Waals surface area contributed by atoms with E-state index in [0.717, 1.165) is 0 Å². The van der Waals surface area contributed by atoms with Gasteiger partial charge in [-0.3, -0.25) is 4.79 Å². The first kappa shape index (κ1) is 17.4. The molecule has 6 atom stereocenters. The standard InChI is InChI=1S/C10H20O8/c1-4(12)5(13)2-6(14)8(16)10(18)9(17)7(15)3-11/h4-5,7-13,15-18H,2-3H2,1H3/t4?,5?,7-,8+,9-,10-/m1/s1. The monoisotopic (exact) mass is 268 g/mol. The fourth-order valence-electron chi connectivity index (χ4n) is 1.21. The maximum Gasteiger partial charge on any atom is 0.166 e. The van der Waals surface area contributed by atoms with Crippen LogP contribution in [-0.2, 0) is 4.79 Å². The lowest BCUT2D eigenvalue weighted by Crippen LogP contribution is -2.49. The van der Waals surface area contributed by atoms with E-state index in [2.05, 4.69) is 0 Å². The number of carbonyl (C=O) groups is 1. The summed E-state index contributed by atoms with van der Waals surface area (Å²) in [5, 5.41) is 63.7. The molecule has 0 saturated heterocycles. The molecule has 8 heteroatoms. The minimum atomic E-state index is -2.03. The smallest absolute Gasteiger partial charge is 0.166 e. The van der Waals surface area contributed by atoms with Crippen LogP contribution in [0.1, 0.15) is 13.3 Å². The van der Waals surface area contributed by atoms with Gasteiger partial charge in [0.15, 0.2) is 5.78 Å². The van der Waals surface area contributed by atoms with Crippen molar-refractivity contribution < 1.29 is 40.5 Å². The molecule has 0 aromatic carbocycles. The summed E-state index contributed by atoms with van der Waals surface area (Å²) in [6.45, 7) is 0.389. The Morgan fingerprint density at radius 2 is 1.44 bits per heavy atom. The summed E-state index contributed by atoms with van der Waals surface area (Å²) in [5.74, 6) is -1.000. The number of rotatable bonds is 8. The van der Waals surface area contributed by atoms with Crippen LogP contribution in [0.2, 0.25) is 0 Å². The van der Waals surface area contributed by atoms with Crippen molar-refractivity contribution in [1.29, 1.82) is 0 Å². The first-order chi connectivity index (χ1) is 8.22. The molecule has 0 radical (unpaired) electrons. The molecule has 0 saturated carbocycles. The van der Waals surface area contributed by atoms with Crippen molar-refractivity contribution in [1.82, 2.24) is 0 Å². The van der Waals surface area contributed by atoms with Gasteiger partial charge < -0.3 is 35.7 Å². The van der Waals surface area contributed by atoms with Gasteiger partial charge in [-0.25, -0.2) is 0 Å². The van der Waals surface area contributed by atoms with E-state index in [1.807, 2.05) is 0 Å². The molecule has 0 rings (SSSR count). The highest BCUT2D eigenvalue weighted by atomic mass is 16.4. The zero-order chi connectivity index (χ0) is 14.5. The maximum absolute atomic E-state index is 11.4.